The van der Waals surface area contributed by atoms with Crippen LogP contribution in [0.4, 0.5) is 13.2 Å². The summed E-state index contributed by atoms with van der Waals surface area (Å²) in [6.07, 6.45) is -3.35. The fraction of sp³-hybridized carbons (Fsp3) is 0.625. The number of rotatable bonds is 4. The van der Waals surface area contributed by atoms with E-state index >= 15 is 0 Å². The van der Waals surface area contributed by atoms with E-state index in [1.807, 2.05) is 12.1 Å². The second-order valence-electron chi connectivity index (χ2n) is 6.64. The van der Waals surface area contributed by atoms with Crippen molar-refractivity contribution >= 4 is 0 Å². The van der Waals surface area contributed by atoms with Crippen molar-refractivity contribution in [2.45, 2.75) is 39.0 Å². The number of ether oxygens (including phenoxy) is 1. The lowest BCUT2D eigenvalue weighted by Crippen LogP contribution is -2.52. The predicted octanol–water partition coefficient (Wildman–Crippen LogP) is 3.19. The molecule has 1 atom stereocenters. The monoisotopic (exact) mass is 316 g/mol. The van der Waals surface area contributed by atoms with Crippen LogP contribution in [-0.4, -0.2) is 36.8 Å². The topological polar surface area (TPSA) is 38.5 Å². The Morgan fingerprint density at radius 2 is 1.91 bits per heavy atom. The van der Waals surface area contributed by atoms with Gasteiger partial charge in [-0.1, -0.05) is 26.0 Å². The summed E-state index contributed by atoms with van der Waals surface area (Å²) < 4.78 is 41.0. The van der Waals surface area contributed by atoms with Crippen LogP contribution in [0.2, 0.25) is 0 Å². The maximum Gasteiger partial charge on any atom is 0.422 e. The Morgan fingerprint density at radius 1 is 1.27 bits per heavy atom. The molecule has 1 aromatic rings. The Kier molecular flexibility index (Phi) is 5.02. The van der Waals surface area contributed by atoms with E-state index in [0.29, 0.717) is 0 Å². The van der Waals surface area contributed by atoms with Crippen molar-refractivity contribution in [2.75, 3.05) is 19.7 Å². The van der Waals surface area contributed by atoms with E-state index in [4.69, 9.17) is 10.5 Å². The normalized spacial score (nSPS) is 22.5. The van der Waals surface area contributed by atoms with Crippen molar-refractivity contribution in [3.8, 4) is 5.75 Å². The maximum atomic E-state index is 12.1. The highest BCUT2D eigenvalue weighted by atomic mass is 19.4. The van der Waals surface area contributed by atoms with Crippen LogP contribution in [0.25, 0.3) is 0 Å². The average Bonchev–Trinajstić information content (AvgIpc) is 2.41. The van der Waals surface area contributed by atoms with Gasteiger partial charge in [-0.05, 0) is 29.5 Å². The van der Waals surface area contributed by atoms with Crippen LogP contribution >= 0.6 is 0 Å². The van der Waals surface area contributed by atoms with Crippen molar-refractivity contribution in [3.63, 3.8) is 0 Å². The summed E-state index contributed by atoms with van der Waals surface area (Å²) in [6.45, 7) is 5.70. The number of hydrogen-bond acceptors (Lipinski definition) is 3. The highest BCUT2D eigenvalue weighted by Crippen LogP contribution is 2.28. The van der Waals surface area contributed by atoms with Gasteiger partial charge in [-0.2, -0.15) is 13.2 Å². The van der Waals surface area contributed by atoms with E-state index in [1.165, 1.54) is 0 Å². The third-order valence-electron chi connectivity index (χ3n) is 4.12. The Bertz CT molecular complexity index is 485. The largest absolute Gasteiger partial charge is 0.484 e. The first-order valence-electron chi connectivity index (χ1n) is 7.42. The number of likely N-dealkylation sites (tertiary alicyclic amines) is 1. The lowest BCUT2D eigenvalue weighted by molar-refractivity contribution is -0.153. The predicted molar refractivity (Wildman–Crippen MR) is 79.6 cm³/mol. The highest BCUT2D eigenvalue weighted by Gasteiger charge is 2.33. The van der Waals surface area contributed by atoms with Crippen LogP contribution in [0.1, 0.15) is 25.8 Å². The molecule has 0 spiro atoms. The Hall–Kier alpha value is -1.27. The fourth-order valence-electron chi connectivity index (χ4n) is 2.73. The van der Waals surface area contributed by atoms with Crippen LogP contribution in [0, 0.1) is 5.41 Å². The fourth-order valence-corrected chi connectivity index (χ4v) is 2.73. The molecule has 0 radical (unpaired) electrons. The van der Waals surface area contributed by atoms with Gasteiger partial charge in [-0.3, -0.25) is 4.90 Å². The van der Waals surface area contributed by atoms with Crippen molar-refractivity contribution in [1.29, 1.82) is 0 Å². The molecule has 1 saturated heterocycles. The van der Waals surface area contributed by atoms with E-state index in [2.05, 4.69) is 18.7 Å². The van der Waals surface area contributed by atoms with E-state index < -0.39 is 12.8 Å². The van der Waals surface area contributed by atoms with Gasteiger partial charge >= 0.3 is 6.18 Å². The van der Waals surface area contributed by atoms with Gasteiger partial charge in [0.25, 0.3) is 0 Å². The SMILES string of the molecule is CC1(C)CN(Cc2ccc(OCC(F)(F)F)cc2)CCC1N. The third-order valence-corrected chi connectivity index (χ3v) is 4.12. The smallest absolute Gasteiger partial charge is 0.422 e. The van der Waals surface area contributed by atoms with Gasteiger partial charge in [-0.15, -0.1) is 0 Å². The number of hydrogen-bond donors (Lipinski definition) is 1. The number of piperidine rings is 1. The van der Waals surface area contributed by atoms with Crippen molar-refractivity contribution in [3.05, 3.63) is 29.8 Å². The summed E-state index contributed by atoms with van der Waals surface area (Å²) in [5.74, 6) is 0.238. The van der Waals surface area contributed by atoms with Crippen molar-refractivity contribution < 1.29 is 17.9 Å². The summed E-state index contributed by atoms with van der Waals surface area (Å²) in [5.41, 5.74) is 7.26. The lowest BCUT2D eigenvalue weighted by Gasteiger charge is -2.42. The molecule has 0 bridgehead atoms. The molecule has 1 fully saturated rings. The molecule has 0 amide bonds. The van der Waals surface area contributed by atoms with Gasteiger partial charge in [0.05, 0.1) is 0 Å². The molecule has 1 heterocycles. The first kappa shape index (κ1) is 17.1. The van der Waals surface area contributed by atoms with Gasteiger partial charge < -0.3 is 10.5 Å². The zero-order valence-corrected chi connectivity index (χ0v) is 13.0. The minimum atomic E-state index is -4.31. The quantitative estimate of drug-likeness (QED) is 0.927. The summed E-state index contributed by atoms with van der Waals surface area (Å²) >= 11 is 0. The molecule has 22 heavy (non-hydrogen) atoms. The number of halogens is 3. The lowest BCUT2D eigenvalue weighted by atomic mass is 9.79. The summed E-state index contributed by atoms with van der Waals surface area (Å²) in [6, 6.07) is 7.01. The molecule has 6 heteroatoms. The van der Waals surface area contributed by atoms with Crippen LogP contribution < -0.4 is 10.5 Å². The van der Waals surface area contributed by atoms with Crippen LogP contribution in [0.3, 0.4) is 0 Å². The Balaban J connectivity index is 1.89. The van der Waals surface area contributed by atoms with Gasteiger partial charge in [0.2, 0.25) is 0 Å². The first-order chi connectivity index (χ1) is 10.2. The molecule has 1 aliphatic heterocycles. The third kappa shape index (κ3) is 4.88. The molecular weight excluding hydrogens is 293 g/mol. The summed E-state index contributed by atoms with van der Waals surface area (Å²) in [4.78, 5) is 2.33. The standard InChI is InChI=1S/C16H23F3N2O/c1-15(2)10-21(8-7-14(15)20)9-12-3-5-13(6-4-12)22-11-16(17,18)19/h3-6,14H,7-11,20H2,1-2H3. The Labute approximate surface area is 129 Å². The molecule has 1 unspecified atom stereocenters. The first-order valence-corrected chi connectivity index (χ1v) is 7.42. The average molecular weight is 316 g/mol. The van der Waals surface area contributed by atoms with Gasteiger partial charge in [0, 0.05) is 25.7 Å². The van der Waals surface area contributed by atoms with Crippen molar-refractivity contribution in [2.24, 2.45) is 11.1 Å². The van der Waals surface area contributed by atoms with Crippen LogP contribution in [0.5, 0.6) is 5.75 Å². The zero-order chi connectivity index (χ0) is 16.4. The van der Waals surface area contributed by atoms with Gasteiger partial charge in [0.1, 0.15) is 5.75 Å². The van der Waals surface area contributed by atoms with E-state index in [0.717, 1.165) is 31.6 Å². The zero-order valence-electron chi connectivity index (χ0n) is 13.0. The molecule has 0 saturated carbocycles. The van der Waals surface area contributed by atoms with E-state index in [-0.39, 0.29) is 17.2 Å². The highest BCUT2D eigenvalue weighted by molar-refractivity contribution is 5.27. The minimum Gasteiger partial charge on any atom is -0.484 e. The Morgan fingerprint density at radius 3 is 2.45 bits per heavy atom. The molecule has 1 aliphatic rings. The van der Waals surface area contributed by atoms with Gasteiger partial charge in [-0.25, -0.2) is 0 Å². The number of benzene rings is 1. The number of nitrogens with zero attached hydrogens (tertiary/aromatic N) is 1. The van der Waals surface area contributed by atoms with E-state index in [9.17, 15) is 13.2 Å². The van der Waals surface area contributed by atoms with Crippen molar-refractivity contribution in [1.82, 2.24) is 4.90 Å². The van der Waals surface area contributed by atoms with Crippen LogP contribution in [-0.2, 0) is 6.54 Å². The number of alkyl halides is 3. The molecule has 3 nitrogen and oxygen atoms in total. The number of nitrogens with two attached hydrogens (primary N) is 1. The van der Waals surface area contributed by atoms with E-state index in [1.54, 1.807) is 12.1 Å². The van der Waals surface area contributed by atoms with Gasteiger partial charge in [0.15, 0.2) is 6.61 Å². The molecule has 124 valence electrons. The second kappa shape index (κ2) is 6.46. The molecule has 0 aromatic heterocycles. The summed E-state index contributed by atoms with van der Waals surface area (Å²) in [5, 5.41) is 0. The maximum absolute atomic E-state index is 12.1. The summed E-state index contributed by atoms with van der Waals surface area (Å²) in [7, 11) is 0. The minimum absolute atomic E-state index is 0.0774. The molecule has 2 rings (SSSR count). The molecular formula is C16H23F3N2O. The second-order valence-corrected chi connectivity index (χ2v) is 6.64. The molecule has 2 N–H and O–H groups in total. The van der Waals surface area contributed by atoms with Crippen LogP contribution in [0.15, 0.2) is 24.3 Å². The molecule has 1 aromatic carbocycles. The molecule has 0 aliphatic carbocycles.